The standard InChI is InChI=1S/C19H18FN3OS2/c20-14-7-9-16(10-8-14)26-12-4-11-21-18(24)17-13-22-19(25)23(17)15-5-2-1-3-6-15/h1-3,5-10,13H,4,11-12H2,(H,21,24)(H,22,25). The van der Waals surface area contributed by atoms with Gasteiger partial charge in [-0.15, -0.1) is 11.8 Å². The second kappa shape index (κ2) is 8.82. The van der Waals surface area contributed by atoms with Crippen LogP contribution in [-0.4, -0.2) is 27.8 Å². The molecule has 1 amide bonds. The van der Waals surface area contributed by atoms with Gasteiger partial charge < -0.3 is 10.3 Å². The maximum absolute atomic E-state index is 12.9. The van der Waals surface area contributed by atoms with Gasteiger partial charge in [0, 0.05) is 23.3 Å². The molecule has 1 aromatic heterocycles. The van der Waals surface area contributed by atoms with Crippen LogP contribution in [0, 0.1) is 10.6 Å². The third-order valence-corrected chi connectivity index (χ3v) is 5.11. The predicted octanol–water partition coefficient (Wildman–Crippen LogP) is 4.59. The fourth-order valence-corrected chi connectivity index (χ4v) is 3.57. The van der Waals surface area contributed by atoms with E-state index in [9.17, 15) is 9.18 Å². The van der Waals surface area contributed by atoms with Gasteiger partial charge in [0.1, 0.15) is 11.5 Å². The Morgan fingerprint density at radius 1 is 1.15 bits per heavy atom. The van der Waals surface area contributed by atoms with Crippen molar-refractivity contribution in [3.05, 3.63) is 77.1 Å². The molecule has 0 saturated carbocycles. The summed E-state index contributed by atoms with van der Waals surface area (Å²) in [5.41, 5.74) is 1.32. The fraction of sp³-hybridized carbons (Fsp3) is 0.158. The molecule has 0 atom stereocenters. The number of aromatic nitrogens is 2. The average molecular weight is 388 g/mol. The molecule has 134 valence electrons. The van der Waals surface area contributed by atoms with Gasteiger partial charge in [-0.3, -0.25) is 9.36 Å². The van der Waals surface area contributed by atoms with E-state index in [-0.39, 0.29) is 11.7 Å². The molecule has 26 heavy (non-hydrogen) atoms. The Kier molecular flexibility index (Phi) is 6.25. The molecule has 0 aliphatic rings. The number of hydrogen-bond donors (Lipinski definition) is 2. The predicted molar refractivity (Wildman–Crippen MR) is 105 cm³/mol. The number of halogens is 1. The maximum atomic E-state index is 12.9. The van der Waals surface area contributed by atoms with Crippen LogP contribution in [0.25, 0.3) is 5.69 Å². The van der Waals surface area contributed by atoms with Crippen LogP contribution in [0.3, 0.4) is 0 Å². The van der Waals surface area contributed by atoms with E-state index in [1.54, 1.807) is 34.7 Å². The lowest BCUT2D eigenvalue weighted by Gasteiger charge is -2.09. The van der Waals surface area contributed by atoms with E-state index in [1.807, 2.05) is 30.3 Å². The first-order valence-corrected chi connectivity index (χ1v) is 9.57. The molecule has 0 saturated heterocycles. The van der Waals surface area contributed by atoms with Crippen LogP contribution in [0.2, 0.25) is 0 Å². The molecule has 4 nitrogen and oxygen atoms in total. The van der Waals surface area contributed by atoms with Gasteiger partial charge in [-0.05, 0) is 60.8 Å². The summed E-state index contributed by atoms with van der Waals surface area (Å²) in [5.74, 6) is 0.429. The summed E-state index contributed by atoms with van der Waals surface area (Å²) >= 11 is 6.92. The zero-order valence-corrected chi connectivity index (χ0v) is 15.6. The number of aromatic amines is 1. The highest BCUT2D eigenvalue weighted by atomic mass is 32.2. The highest BCUT2D eigenvalue weighted by molar-refractivity contribution is 7.99. The lowest BCUT2D eigenvalue weighted by molar-refractivity contribution is 0.0947. The summed E-state index contributed by atoms with van der Waals surface area (Å²) in [6, 6.07) is 15.9. The highest BCUT2D eigenvalue weighted by Crippen LogP contribution is 2.18. The maximum Gasteiger partial charge on any atom is 0.269 e. The topological polar surface area (TPSA) is 49.8 Å². The first kappa shape index (κ1) is 18.4. The van der Waals surface area contributed by atoms with Crippen molar-refractivity contribution in [2.45, 2.75) is 11.3 Å². The largest absolute Gasteiger partial charge is 0.351 e. The van der Waals surface area contributed by atoms with Gasteiger partial charge in [-0.25, -0.2) is 4.39 Å². The molecule has 1 heterocycles. The van der Waals surface area contributed by atoms with Crippen molar-refractivity contribution in [3.63, 3.8) is 0 Å². The van der Waals surface area contributed by atoms with Crippen molar-refractivity contribution in [1.29, 1.82) is 0 Å². The third kappa shape index (κ3) is 4.62. The van der Waals surface area contributed by atoms with Gasteiger partial charge in [0.25, 0.3) is 5.91 Å². The summed E-state index contributed by atoms with van der Waals surface area (Å²) in [7, 11) is 0. The van der Waals surface area contributed by atoms with Gasteiger partial charge in [0.15, 0.2) is 4.77 Å². The first-order valence-electron chi connectivity index (χ1n) is 8.17. The molecule has 7 heteroatoms. The van der Waals surface area contributed by atoms with Crippen LogP contribution in [0.4, 0.5) is 4.39 Å². The summed E-state index contributed by atoms with van der Waals surface area (Å²) in [5, 5.41) is 2.92. The first-order chi connectivity index (χ1) is 12.6. The Hall–Kier alpha value is -2.38. The number of imidazole rings is 1. The summed E-state index contributed by atoms with van der Waals surface area (Å²) in [4.78, 5) is 16.4. The van der Waals surface area contributed by atoms with E-state index in [2.05, 4.69) is 10.3 Å². The number of carbonyl (C=O) groups is 1. The highest BCUT2D eigenvalue weighted by Gasteiger charge is 2.13. The second-order valence-corrected chi connectivity index (χ2v) is 7.12. The number of nitrogens with one attached hydrogen (secondary N) is 2. The minimum atomic E-state index is -0.235. The van der Waals surface area contributed by atoms with E-state index in [0.717, 1.165) is 22.8 Å². The quantitative estimate of drug-likeness (QED) is 0.354. The lowest BCUT2D eigenvalue weighted by Crippen LogP contribution is -2.26. The number of para-hydroxylation sites is 1. The number of benzene rings is 2. The summed E-state index contributed by atoms with van der Waals surface area (Å²) in [6.45, 7) is 0.555. The number of carbonyl (C=O) groups excluding carboxylic acids is 1. The van der Waals surface area contributed by atoms with Gasteiger partial charge in [-0.1, -0.05) is 18.2 Å². The number of hydrogen-bond acceptors (Lipinski definition) is 3. The number of nitrogens with zero attached hydrogens (tertiary/aromatic N) is 1. The summed E-state index contributed by atoms with van der Waals surface area (Å²) < 4.78 is 15.1. The third-order valence-electron chi connectivity index (χ3n) is 3.71. The molecule has 0 spiro atoms. The Morgan fingerprint density at radius 2 is 1.88 bits per heavy atom. The van der Waals surface area contributed by atoms with Crippen molar-refractivity contribution in [1.82, 2.24) is 14.9 Å². The molecule has 0 fully saturated rings. The minimum absolute atomic E-state index is 0.173. The van der Waals surface area contributed by atoms with Crippen LogP contribution < -0.4 is 5.32 Å². The van der Waals surface area contributed by atoms with E-state index in [4.69, 9.17) is 12.2 Å². The van der Waals surface area contributed by atoms with Crippen molar-refractivity contribution >= 4 is 29.9 Å². The Balaban J connectivity index is 1.53. The molecule has 3 rings (SSSR count). The molecular weight excluding hydrogens is 369 g/mol. The monoisotopic (exact) mass is 387 g/mol. The van der Waals surface area contributed by atoms with E-state index >= 15 is 0 Å². The van der Waals surface area contributed by atoms with Crippen LogP contribution in [-0.2, 0) is 0 Å². The Morgan fingerprint density at radius 3 is 2.62 bits per heavy atom. The SMILES string of the molecule is O=C(NCCCSc1ccc(F)cc1)c1c[nH]c(=S)n1-c1ccccc1. The van der Waals surface area contributed by atoms with Gasteiger partial charge >= 0.3 is 0 Å². The van der Waals surface area contributed by atoms with Crippen molar-refractivity contribution in [2.75, 3.05) is 12.3 Å². The number of rotatable bonds is 7. The number of H-pyrrole nitrogens is 1. The van der Waals surface area contributed by atoms with Crippen molar-refractivity contribution < 1.29 is 9.18 Å². The molecule has 0 unspecified atom stereocenters. The van der Waals surface area contributed by atoms with E-state index < -0.39 is 0 Å². The Labute approximate surface area is 160 Å². The molecule has 3 aromatic rings. The van der Waals surface area contributed by atoms with Crippen molar-refractivity contribution in [2.24, 2.45) is 0 Å². The van der Waals surface area contributed by atoms with Gasteiger partial charge in [0.2, 0.25) is 0 Å². The molecule has 0 radical (unpaired) electrons. The van der Waals surface area contributed by atoms with Crippen LogP contribution in [0.1, 0.15) is 16.9 Å². The van der Waals surface area contributed by atoms with Gasteiger partial charge in [-0.2, -0.15) is 0 Å². The van der Waals surface area contributed by atoms with Gasteiger partial charge in [0.05, 0.1) is 0 Å². The van der Waals surface area contributed by atoms with Crippen LogP contribution in [0.5, 0.6) is 0 Å². The molecule has 2 N–H and O–H groups in total. The number of amides is 1. The normalized spacial score (nSPS) is 10.7. The molecule has 0 aliphatic heterocycles. The zero-order valence-electron chi connectivity index (χ0n) is 13.9. The van der Waals surface area contributed by atoms with E-state index in [0.29, 0.717) is 17.0 Å². The van der Waals surface area contributed by atoms with Crippen LogP contribution >= 0.6 is 24.0 Å². The Bertz CT molecular complexity index is 920. The molecule has 0 aliphatic carbocycles. The fourth-order valence-electron chi connectivity index (χ4n) is 2.45. The van der Waals surface area contributed by atoms with Crippen LogP contribution in [0.15, 0.2) is 65.7 Å². The average Bonchev–Trinajstić information content (AvgIpc) is 3.05. The molecule has 0 bridgehead atoms. The zero-order chi connectivity index (χ0) is 18.4. The smallest absolute Gasteiger partial charge is 0.269 e. The molecule has 2 aromatic carbocycles. The summed E-state index contributed by atoms with van der Waals surface area (Å²) in [6.07, 6.45) is 2.43. The second-order valence-electron chi connectivity index (χ2n) is 5.56. The van der Waals surface area contributed by atoms with E-state index in [1.165, 1.54) is 12.1 Å². The number of thioether (sulfide) groups is 1. The van der Waals surface area contributed by atoms with Crippen molar-refractivity contribution in [3.8, 4) is 5.69 Å². The lowest BCUT2D eigenvalue weighted by atomic mass is 10.3. The molecular formula is C19H18FN3OS2. The minimum Gasteiger partial charge on any atom is -0.351 e.